The molecule has 8 heteroatoms. The molecule has 0 bridgehead atoms. The maximum atomic E-state index is 13.8. The van der Waals surface area contributed by atoms with E-state index in [2.05, 4.69) is 5.32 Å². The molecule has 0 aromatic heterocycles. The van der Waals surface area contributed by atoms with Gasteiger partial charge in [0.1, 0.15) is 5.82 Å². The van der Waals surface area contributed by atoms with Gasteiger partial charge in [-0.05, 0) is 48.9 Å². The molecule has 2 rings (SSSR count). The van der Waals surface area contributed by atoms with Gasteiger partial charge in [-0.25, -0.2) is 8.78 Å². The van der Waals surface area contributed by atoms with Crippen molar-refractivity contribution in [2.45, 2.75) is 18.7 Å². The molecule has 0 radical (unpaired) electrons. The molecule has 1 N–H and O–H groups in total. The van der Waals surface area contributed by atoms with Gasteiger partial charge in [-0.15, -0.1) is 11.8 Å². The number of carbonyl (C=O) groups is 2. The predicted octanol–water partition coefficient (Wildman–Crippen LogP) is 3.69. The van der Waals surface area contributed by atoms with E-state index in [4.69, 9.17) is 4.74 Å². The number of hydrogen-bond donors (Lipinski definition) is 1. The van der Waals surface area contributed by atoms with E-state index in [9.17, 15) is 18.4 Å². The second-order valence-corrected chi connectivity index (χ2v) is 7.50. The summed E-state index contributed by atoms with van der Waals surface area (Å²) >= 11 is 1.19. The van der Waals surface area contributed by atoms with Crippen LogP contribution in [-0.4, -0.2) is 41.9 Å². The monoisotopic (exact) mass is 408 g/mol. The first-order valence-corrected chi connectivity index (χ1v) is 9.59. The van der Waals surface area contributed by atoms with Crippen LogP contribution >= 0.6 is 11.8 Å². The molecule has 0 fully saturated rings. The molecule has 5 nitrogen and oxygen atoms in total. The quantitative estimate of drug-likeness (QED) is 0.724. The average molecular weight is 408 g/mol. The first-order valence-electron chi connectivity index (χ1n) is 8.54. The van der Waals surface area contributed by atoms with Crippen molar-refractivity contribution < 1.29 is 23.1 Å². The Morgan fingerprint density at radius 3 is 2.46 bits per heavy atom. The number of nitrogens with one attached hydrogen (secondary N) is 1. The summed E-state index contributed by atoms with van der Waals surface area (Å²) in [6.45, 7) is 1.95. The van der Waals surface area contributed by atoms with Crippen molar-refractivity contribution in [2.24, 2.45) is 0 Å². The fourth-order valence-corrected chi connectivity index (χ4v) is 3.27. The van der Waals surface area contributed by atoms with E-state index < -0.39 is 11.1 Å². The first-order chi connectivity index (χ1) is 13.3. The first kappa shape index (κ1) is 21.7. The summed E-state index contributed by atoms with van der Waals surface area (Å²) in [4.78, 5) is 25.9. The second-order valence-electron chi connectivity index (χ2n) is 6.17. The highest BCUT2D eigenvalue weighted by molar-refractivity contribution is 8.01. The lowest BCUT2D eigenvalue weighted by molar-refractivity contribution is -0.129. The van der Waals surface area contributed by atoms with Gasteiger partial charge < -0.3 is 15.0 Å². The smallest absolute Gasteiger partial charge is 0.235 e. The molecule has 28 heavy (non-hydrogen) atoms. The summed E-state index contributed by atoms with van der Waals surface area (Å²) in [5.41, 5.74) is 1.13. The normalized spacial score (nSPS) is 11.6. The third-order valence-corrected chi connectivity index (χ3v) is 5.08. The summed E-state index contributed by atoms with van der Waals surface area (Å²) in [5, 5.41) is 2.19. The van der Waals surface area contributed by atoms with E-state index in [0.717, 1.165) is 0 Å². The van der Waals surface area contributed by atoms with Crippen molar-refractivity contribution in [3.05, 3.63) is 59.7 Å². The van der Waals surface area contributed by atoms with Crippen LogP contribution in [0, 0.1) is 11.6 Å². The highest BCUT2D eigenvalue weighted by atomic mass is 32.2. The minimum absolute atomic E-state index is 0.0787. The molecule has 0 aliphatic rings. The number of hydrogen-bond acceptors (Lipinski definition) is 4. The van der Waals surface area contributed by atoms with Crippen LogP contribution in [0.25, 0.3) is 0 Å². The van der Waals surface area contributed by atoms with Gasteiger partial charge in [-0.3, -0.25) is 9.59 Å². The Balaban J connectivity index is 1.83. The summed E-state index contributed by atoms with van der Waals surface area (Å²) in [6, 6.07) is 9.98. The third-order valence-electron chi connectivity index (χ3n) is 3.95. The lowest BCUT2D eigenvalue weighted by Crippen LogP contribution is -2.33. The molecule has 2 aromatic rings. The zero-order chi connectivity index (χ0) is 20.7. The number of thioether (sulfide) groups is 1. The van der Waals surface area contributed by atoms with Crippen LogP contribution in [0.15, 0.2) is 42.5 Å². The summed E-state index contributed by atoms with van der Waals surface area (Å²) < 4.78 is 31.5. The zero-order valence-corrected chi connectivity index (χ0v) is 16.7. The van der Waals surface area contributed by atoms with Crippen LogP contribution in [0.2, 0.25) is 0 Å². The largest absolute Gasteiger partial charge is 0.494 e. The predicted molar refractivity (Wildman–Crippen MR) is 106 cm³/mol. The number of ether oxygens (including phenoxy) is 1. The fourth-order valence-electron chi connectivity index (χ4n) is 2.47. The Labute approximate surface area is 167 Å². The zero-order valence-electron chi connectivity index (χ0n) is 15.9. The molecule has 1 unspecified atom stereocenters. The van der Waals surface area contributed by atoms with Gasteiger partial charge >= 0.3 is 0 Å². The van der Waals surface area contributed by atoms with E-state index >= 15 is 0 Å². The second kappa shape index (κ2) is 10.1. The van der Waals surface area contributed by atoms with E-state index in [0.29, 0.717) is 11.3 Å². The molecule has 0 saturated heterocycles. The highest BCUT2D eigenvalue weighted by Crippen LogP contribution is 2.20. The molecule has 0 spiro atoms. The van der Waals surface area contributed by atoms with Gasteiger partial charge in [-0.2, -0.15) is 0 Å². The Morgan fingerprint density at radius 2 is 1.86 bits per heavy atom. The molecule has 0 saturated carbocycles. The molecule has 0 aliphatic heterocycles. The van der Waals surface area contributed by atoms with E-state index in [1.54, 1.807) is 20.0 Å². The number of nitrogens with zero attached hydrogens (tertiary/aromatic N) is 1. The van der Waals surface area contributed by atoms with Gasteiger partial charge in [0.2, 0.25) is 11.8 Å². The molecule has 0 aliphatic carbocycles. The lowest BCUT2D eigenvalue weighted by atomic mass is 10.2. The van der Waals surface area contributed by atoms with Crippen LogP contribution in [-0.2, 0) is 16.1 Å². The number of anilines is 1. The van der Waals surface area contributed by atoms with Crippen LogP contribution < -0.4 is 10.1 Å². The van der Waals surface area contributed by atoms with Crippen LogP contribution in [0.5, 0.6) is 5.75 Å². The fraction of sp³-hybridized carbons (Fsp3) is 0.300. The van der Waals surface area contributed by atoms with Crippen molar-refractivity contribution in [2.75, 3.05) is 25.2 Å². The summed E-state index contributed by atoms with van der Waals surface area (Å²) in [5.74, 6) is -1.09. The number of rotatable bonds is 8. The minimum Gasteiger partial charge on any atom is -0.494 e. The van der Waals surface area contributed by atoms with E-state index in [-0.39, 0.29) is 35.7 Å². The summed E-state index contributed by atoms with van der Waals surface area (Å²) in [6.07, 6.45) is 0. The minimum atomic E-state index is -0.485. The maximum absolute atomic E-state index is 13.8. The Morgan fingerprint density at radius 1 is 1.18 bits per heavy atom. The van der Waals surface area contributed by atoms with Gasteiger partial charge in [0.15, 0.2) is 11.6 Å². The van der Waals surface area contributed by atoms with Crippen molar-refractivity contribution >= 4 is 29.3 Å². The maximum Gasteiger partial charge on any atom is 0.235 e. The standard InChI is InChI=1S/C20H22F2N2O3S/c1-13(28-12-19(25)23-16-7-5-15(21)6-8-16)20(26)24(2)11-14-4-9-18(27-3)17(22)10-14/h4-10,13H,11-12H2,1-3H3,(H,23,25). The molecule has 2 aromatic carbocycles. The number of halogens is 2. The molecular formula is C20H22F2N2O3S. The SMILES string of the molecule is COc1ccc(CN(C)C(=O)C(C)SCC(=O)Nc2ccc(F)cc2)cc1F. The number of amides is 2. The van der Waals surface area contributed by atoms with Crippen molar-refractivity contribution in [3.8, 4) is 5.75 Å². The topological polar surface area (TPSA) is 58.6 Å². The van der Waals surface area contributed by atoms with Gasteiger partial charge in [-0.1, -0.05) is 6.07 Å². The summed E-state index contributed by atoms with van der Waals surface area (Å²) in [7, 11) is 3.01. The van der Waals surface area contributed by atoms with E-state index in [1.807, 2.05) is 0 Å². The van der Waals surface area contributed by atoms with Gasteiger partial charge in [0.25, 0.3) is 0 Å². The molecule has 150 valence electrons. The Kier molecular flexibility index (Phi) is 7.80. The van der Waals surface area contributed by atoms with Crippen LogP contribution in [0.4, 0.5) is 14.5 Å². The number of carbonyl (C=O) groups excluding carboxylic acids is 2. The van der Waals surface area contributed by atoms with Crippen molar-refractivity contribution in [1.82, 2.24) is 4.90 Å². The number of benzene rings is 2. The molecule has 0 heterocycles. The van der Waals surface area contributed by atoms with Crippen molar-refractivity contribution in [3.63, 3.8) is 0 Å². The third kappa shape index (κ3) is 6.23. The van der Waals surface area contributed by atoms with Gasteiger partial charge in [0.05, 0.1) is 18.1 Å². The van der Waals surface area contributed by atoms with E-state index in [1.165, 1.54) is 60.2 Å². The van der Waals surface area contributed by atoms with Crippen LogP contribution in [0.3, 0.4) is 0 Å². The van der Waals surface area contributed by atoms with Crippen LogP contribution in [0.1, 0.15) is 12.5 Å². The highest BCUT2D eigenvalue weighted by Gasteiger charge is 2.20. The molecular weight excluding hydrogens is 386 g/mol. The molecule has 1 atom stereocenters. The van der Waals surface area contributed by atoms with Crippen molar-refractivity contribution in [1.29, 1.82) is 0 Å². The van der Waals surface area contributed by atoms with Gasteiger partial charge in [0, 0.05) is 19.3 Å². The average Bonchev–Trinajstić information content (AvgIpc) is 2.67. The number of methoxy groups -OCH3 is 1. The lowest BCUT2D eigenvalue weighted by Gasteiger charge is -2.21. The Hall–Kier alpha value is -2.61. The Bertz CT molecular complexity index is 831. The molecule has 2 amide bonds.